The molecule has 0 radical (unpaired) electrons. The van der Waals surface area contributed by atoms with E-state index in [1.165, 1.54) is 14.2 Å². The highest BCUT2D eigenvalue weighted by Gasteiger charge is 2.24. The number of rotatable bonds is 6. The van der Waals surface area contributed by atoms with E-state index in [2.05, 4.69) is 4.74 Å². The number of hydrogen-bond acceptors (Lipinski definition) is 4. The third kappa shape index (κ3) is 4.65. The van der Waals surface area contributed by atoms with Crippen LogP contribution in [0.5, 0.6) is 0 Å². The van der Waals surface area contributed by atoms with Gasteiger partial charge in [0.15, 0.2) is 0 Å². The van der Waals surface area contributed by atoms with E-state index in [1.807, 2.05) is 37.3 Å². The number of methoxy groups -OCH3 is 1. The van der Waals surface area contributed by atoms with Crippen LogP contribution in [0.3, 0.4) is 0 Å². The van der Waals surface area contributed by atoms with E-state index in [9.17, 15) is 13.2 Å². The zero-order valence-corrected chi connectivity index (χ0v) is 12.2. The van der Waals surface area contributed by atoms with Crippen LogP contribution in [-0.4, -0.2) is 45.1 Å². The van der Waals surface area contributed by atoms with Crippen LogP contribution < -0.4 is 0 Å². The molecule has 0 spiro atoms. The fraction of sp³-hybridized carbons (Fsp3) is 0.462. The third-order valence-electron chi connectivity index (χ3n) is 2.88. The molecule has 106 valence electrons. The van der Waals surface area contributed by atoms with Crippen molar-refractivity contribution in [2.75, 3.05) is 26.5 Å². The first-order chi connectivity index (χ1) is 8.86. The summed E-state index contributed by atoms with van der Waals surface area (Å²) in [7, 11) is -0.870. The summed E-state index contributed by atoms with van der Waals surface area (Å²) in [6, 6.07) is 9.41. The Kier molecular flexibility index (Phi) is 5.50. The van der Waals surface area contributed by atoms with Crippen molar-refractivity contribution in [3.63, 3.8) is 0 Å². The molecule has 0 aromatic heterocycles. The highest BCUT2D eigenvalue weighted by Crippen LogP contribution is 2.18. The molecule has 1 rings (SSSR count). The highest BCUT2D eigenvalue weighted by molar-refractivity contribution is 7.89. The third-order valence-corrected chi connectivity index (χ3v) is 4.88. The SMILES string of the molecule is COC(=O)CN(C)S(=O)(=O)CC(C)c1ccccc1. The van der Waals surface area contributed by atoms with Crippen LogP contribution in [0, 0.1) is 0 Å². The zero-order chi connectivity index (χ0) is 14.5. The van der Waals surface area contributed by atoms with Crippen LogP contribution in [0.2, 0.25) is 0 Å². The fourth-order valence-electron chi connectivity index (χ4n) is 1.67. The molecular weight excluding hydrogens is 266 g/mol. The number of ether oxygens (including phenoxy) is 1. The van der Waals surface area contributed by atoms with Crippen LogP contribution in [0.15, 0.2) is 30.3 Å². The lowest BCUT2D eigenvalue weighted by Crippen LogP contribution is -2.35. The molecule has 19 heavy (non-hydrogen) atoms. The first-order valence-corrected chi connectivity index (χ1v) is 7.53. The number of benzene rings is 1. The Morgan fingerprint density at radius 1 is 1.32 bits per heavy atom. The normalized spacial score (nSPS) is 13.3. The van der Waals surface area contributed by atoms with Crippen LogP contribution in [-0.2, 0) is 19.6 Å². The van der Waals surface area contributed by atoms with Gasteiger partial charge in [-0.1, -0.05) is 37.3 Å². The van der Waals surface area contributed by atoms with Gasteiger partial charge >= 0.3 is 5.97 Å². The van der Waals surface area contributed by atoms with Crippen molar-refractivity contribution in [2.45, 2.75) is 12.8 Å². The van der Waals surface area contributed by atoms with Crippen molar-refractivity contribution in [3.05, 3.63) is 35.9 Å². The number of hydrogen-bond donors (Lipinski definition) is 0. The van der Waals surface area contributed by atoms with E-state index in [1.54, 1.807) is 0 Å². The summed E-state index contributed by atoms with van der Waals surface area (Å²) in [5.74, 6) is -0.741. The molecule has 0 aliphatic rings. The molecule has 0 fully saturated rings. The van der Waals surface area contributed by atoms with Gasteiger partial charge in [0.1, 0.15) is 6.54 Å². The molecule has 5 nitrogen and oxygen atoms in total. The van der Waals surface area contributed by atoms with Gasteiger partial charge in [0.25, 0.3) is 0 Å². The number of carbonyl (C=O) groups excluding carboxylic acids is 1. The van der Waals surface area contributed by atoms with Crippen molar-refractivity contribution in [2.24, 2.45) is 0 Å². The number of likely N-dealkylation sites (N-methyl/N-ethyl adjacent to an activating group) is 1. The maximum absolute atomic E-state index is 12.1. The molecule has 1 aromatic carbocycles. The summed E-state index contributed by atoms with van der Waals surface area (Å²) >= 11 is 0. The van der Waals surface area contributed by atoms with Gasteiger partial charge in [0.2, 0.25) is 10.0 Å². The lowest BCUT2D eigenvalue weighted by molar-refractivity contribution is -0.140. The summed E-state index contributed by atoms with van der Waals surface area (Å²) in [5.41, 5.74) is 0.956. The quantitative estimate of drug-likeness (QED) is 0.737. The van der Waals surface area contributed by atoms with Gasteiger partial charge < -0.3 is 4.74 Å². The second-order valence-corrected chi connectivity index (χ2v) is 6.54. The molecule has 0 heterocycles. The van der Waals surface area contributed by atoms with Crippen molar-refractivity contribution >= 4 is 16.0 Å². The van der Waals surface area contributed by atoms with Gasteiger partial charge in [-0.25, -0.2) is 8.42 Å². The second kappa shape index (κ2) is 6.68. The molecule has 0 N–H and O–H groups in total. The average Bonchev–Trinajstić information content (AvgIpc) is 2.39. The van der Waals surface area contributed by atoms with Gasteiger partial charge in [-0.3, -0.25) is 4.79 Å². The lowest BCUT2D eigenvalue weighted by Gasteiger charge is -2.19. The Balaban J connectivity index is 2.72. The Morgan fingerprint density at radius 2 is 1.89 bits per heavy atom. The Morgan fingerprint density at radius 3 is 2.42 bits per heavy atom. The maximum atomic E-state index is 12.1. The summed E-state index contributed by atoms with van der Waals surface area (Å²) in [6.45, 7) is 1.58. The van der Waals surface area contributed by atoms with Crippen molar-refractivity contribution in [3.8, 4) is 0 Å². The van der Waals surface area contributed by atoms with Gasteiger partial charge in [0.05, 0.1) is 12.9 Å². The summed E-state index contributed by atoms with van der Waals surface area (Å²) < 4.78 is 29.7. The molecule has 1 unspecified atom stereocenters. The number of nitrogens with zero attached hydrogens (tertiary/aromatic N) is 1. The lowest BCUT2D eigenvalue weighted by atomic mass is 10.0. The predicted octanol–water partition coefficient (Wildman–Crippen LogP) is 1.22. The van der Waals surface area contributed by atoms with E-state index in [0.717, 1.165) is 9.87 Å². The van der Waals surface area contributed by atoms with Crippen LogP contribution >= 0.6 is 0 Å². The minimum Gasteiger partial charge on any atom is -0.468 e. The molecule has 0 aliphatic heterocycles. The van der Waals surface area contributed by atoms with Crippen molar-refractivity contribution in [1.29, 1.82) is 0 Å². The molecule has 0 saturated heterocycles. The number of carbonyl (C=O) groups is 1. The average molecular weight is 285 g/mol. The summed E-state index contributed by atoms with van der Waals surface area (Å²) in [5, 5.41) is 0. The standard InChI is InChI=1S/C13H19NO4S/c1-11(12-7-5-4-6-8-12)10-19(16,17)14(2)9-13(15)18-3/h4-8,11H,9-10H2,1-3H3. The topological polar surface area (TPSA) is 63.7 Å². The Bertz CT molecular complexity index is 513. The molecule has 6 heteroatoms. The fourth-order valence-corrected chi connectivity index (χ4v) is 3.05. The molecule has 0 saturated carbocycles. The van der Waals surface area contributed by atoms with Crippen LogP contribution in [0.4, 0.5) is 0 Å². The molecule has 0 amide bonds. The predicted molar refractivity (Wildman–Crippen MR) is 73.3 cm³/mol. The smallest absolute Gasteiger partial charge is 0.320 e. The van der Waals surface area contributed by atoms with E-state index in [-0.39, 0.29) is 18.2 Å². The second-order valence-electron chi connectivity index (χ2n) is 4.42. The summed E-state index contributed by atoms with van der Waals surface area (Å²) in [6.07, 6.45) is 0. The molecule has 0 aliphatic carbocycles. The monoisotopic (exact) mass is 285 g/mol. The summed E-state index contributed by atoms with van der Waals surface area (Å²) in [4.78, 5) is 11.1. The van der Waals surface area contributed by atoms with E-state index >= 15 is 0 Å². The van der Waals surface area contributed by atoms with Gasteiger partial charge in [-0.15, -0.1) is 0 Å². The van der Waals surface area contributed by atoms with Gasteiger partial charge in [-0.2, -0.15) is 4.31 Å². The van der Waals surface area contributed by atoms with Crippen molar-refractivity contribution < 1.29 is 17.9 Å². The number of sulfonamides is 1. The maximum Gasteiger partial charge on any atom is 0.320 e. The van der Waals surface area contributed by atoms with Gasteiger partial charge in [-0.05, 0) is 11.5 Å². The van der Waals surface area contributed by atoms with Crippen LogP contribution in [0.25, 0.3) is 0 Å². The Labute approximate surface area is 114 Å². The minimum absolute atomic E-state index is 0.0372. The number of esters is 1. The largest absolute Gasteiger partial charge is 0.468 e. The van der Waals surface area contributed by atoms with Crippen LogP contribution in [0.1, 0.15) is 18.4 Å². The Hall–Kier alpha value is -1.40. The van der Waals surface area contributed by atoms with Crippen molar-refractivity contribution in [1.82, 2.24) is 4.31 Å². The molecular formula is C13H19NO4S. The van der Waals surface area contributed by atoms with E-state index in [0.29, 0.717) is 0 Å². The van der Waals surface area contributed by atoms with Gasteiger partial charge in [0, 0.05) is 7.05 Å². The first kappa shape index (κ1) is 15.7. The molecule has 0 bridgehead atoms. The minimum atomic E-state index is -3.48. The highest BCUT2D eigenvalue weighted by atomic mass is 32.2. The van der Waals surface area contributed by atoms with E-state index < -0.39 is 16.0 Å². The molecule has 1 atom stereocenters. The zero-order valence-electron chi connectivity index (χ0n) is 11.4. The van der Waals surface area contributed by atoms with E-state index in [4.69, 9.17) is 0 Å². The first-order valence-electron chi connectivity index (χ1n) is 5.92. The molecule has 1 aromatic rings.